The molecule has 0 saturated heterocycles. The van der Waals surface area contributed by atoms with Gasteiger partial charge in [-0.05, 0) is 37.6 Å². The van der Waals surface area contributed by atoms with Gasteiger partial charge in [-0.3, -0.25) is 4.79 Å². The number of nitrogens with two attached hydrogens (primary N) is 1. The van der Waals surface area contributed by atoms with Gasteiger partial charge in [-0.1, -0.05) is 23.1 Å². The first-order chi connectivity index (χ1) is 12.9. The van der Waals surface area contributed by atoms with Crippen LogP contribution >= 0.6 is 23.1 Å². The van der Waals surface area contributed by atoms with Crippen LogP contribution in [0.5, 0.6) is 0 Å². The predicted molar refractivity (Wildman–Crippen MR) is 107 cm³/mol. The fourth-order valence-corrected chi connectivity index (χ4v) is 4.00. The number of aromatic nitrogens is 2. The maximum atomic E-state index is 12.0. The number of anilines is 2. The molecule has 27 heavy (non-hydrogen) atoms. The Morgan fingerprint density at radius 2 is 2.04 bits per heavy atom. The number of amides is 1. The summed E-state index contributed by atoms with van der Waals surface area (Å²) in [6, 6.07) is 5.65. The molecule has 1 heterocycles. The molecule has 0 bridgehead atoms. The number of benzene rings is 1. The molecular weight excluding hydrogens is 410 g/mol. The number of ether oxygens (including phenoxy) is 1. The number of nitrogens with one attached hydrogen (secondary N) is 2. The lowest BCUT2D eigenvalue weighted by Crippen LogP contribution is -2.15. The van der Waals surface area contributed by atoms with Gasteiger partial charge in [0.15, 0.2) is 4.34 Å². The standard InChI is InChI=1S/C15H21N5O4S3/c1-2-24-9-3-8-17-14-19-20-15(26-14)25-10-13(21)18-11-4-6-12(7-5-11)27(16,22)23/h4-7H,2-3,8-10H2,1H3,(H,17,19)(H,18,21)(H2,16,22,23). The summed E-state index contributed by atoms with van der Waals surface area (Å²) in [5.74, 6) is -0.0691. The fraction of sp³-hybridized carbons (Fsp3) is 0.400. The molecule has 1 aromatic carbocycles. The minimum absolute atomic E-state index is 0.00924. The number of carbonyl (C=O) groups is 1. The topological polar surface area (TPSA) is 136 Å². The molecule has 2 aromatic rings. The van der Waals surface area contributed by atoms with Gasteiger partial charge < -0.3 is 15.4 Å². The largest absolute Gasteiger partial charge is 0.382 e. The fourth-order valence-electron chi connectivity index (χ4n) is 1.91. The molecule has 0 unspecified atom stereocenters. The van der Waals surface area contributed by atoms with Crippen LogP contribution in [-0.2, 0) is 19.6 Å². The van der Waals surface area contributed by atoms with E-state index in [4.69, 9.17) is 9.88 Å². The number of rotatable bonds is 11. The summed E-state index contributed by atoms with van der Waals surface area (Å²) in [6.07, 6.45) is 0.878. The number of hydrogen-bond donors (Lipinski definition) is 3. The zero-order chi connectivity index (χ0) is 19.7. The van der Waals surface area contributed by atoms with Crippen LogP contribution in [0.4, 0.5) is 10.8 Å². The maximum Gasteiger partial charge on any atom is 0.238 e. The number of nitrogens with zero attached hydrogens (tertiary/aromatic N) is 2. The van der Waals surface area contributed by atoms with Crippen LogP contribution in [0.15, 0.2) is 33.5 Å². The molecule has 0 aliphatic rings. The van der Waals surface area contributed by atoms with Crippen molar-refractivity contribution in [1.29, 1.82) is 0 Å². The zero-order valence-electron chi connectivity index (χ0n) is 14.7. The molecule has 1 aromatic heterocycles. The second-order valence-electron chi connectivity index (χ2n) is 5.26. The highest BCUT2D eigenvalue weighted by atomic mass is 32.2. The van der Waals surface area contributed by atoms with Crippen molar-refractivity contribution < 1.29 is 17.9 Å². The average Bonchev–Trinajstić information content (AvgIpc) is 3.07. The van der Waals surface area contributed by atoms with E-state index in [0.29, 0.717) is 28.4 Å². The Kier molecular flexibility index (Phi) is 8.44. The van der Waals surface area contributed by atoms with E-state index in [2.05, 4.69) is 20.8 Å². The highest BCUT2D eigenvalue weighted by molar-refractivity contribution is 8.01. The zero-order valence-corrected chi connectivity index (χ0v) is 17.1. The molecule has 1 amide bonds. The van der Waals surface area contributed by atoms with Gasteiger partial charge in [0, 0.05) is 25.4 Å². The predicted octanol–water partition coefficient (Wildman–Crippen LogP) is 1.75. The van der Waals surface area contributed by atoms with E-state index in [1.807, 2.05) is 6.92 Å². The van der Waals surface area contributed by atoms with Gasteiger partial charge in [-0.15, -0.1) is 10.2 Å². The number of thioether (sulfide) groups is 1. The van der Waals surface area contributed by atoms with Gasteiger partial charge >= 0.3 is 0 Å². The Hall–Kier alpha value is -1.73. The molecule has 0 fully saturated rings. The molecule has 0 spiro atoms. The van der Waals surface area contributed by atoms with Crippen LogP contribution in [-0.4, -0.2) is 50.0 Å². The molecule has 0 atom stereocenters. The van der Waals surface area contributed by atoms with E-state index in [9.17, 15) is 13.2 Å². The van der Waals surface area contributed by atoms with E-state index in [1.165, 1.54) is 47.4 Å². The number of sulfonamides is 1. The lowest BCUT2D eigenvalue weighted by Gasteiger charge is -2.05. The maximum absolute atomic E-state index is 12.0. The van der Waals surface area contributed by atoms with Crippen molar-refractivity contribution in [3.05, 3.63) is 24.3 Å². The van der Waals surface area contributed by atoms with Crippen LogP contribution in [0.3, 0.4) is 0 Å². The second-order valence-corrected chi connectivity index (χ2v) is 9.02. The molecule has 0 radical (unpaired) electrons. The van der Waals surface area contributed by atoms with E-state index < -0.39 is 10.0 Å². The van der Waals surface area contributed by atoms with Gasteiger partial charge in [0.2, 0.25) is 21.1 Å². The van der Waals surface area contributed by atoms with Gasteiger partial charge in [0.25, 0.3) is 0 Å². The summed E-state index contributed by atoms with van der Waals surface area (Å²) in [5, 5.41) is 19.6. The Balaban J connectivity index is 1.74. The molecule has 0 aliphatic carbocycles. The minimum atomic E-state index is -3.75. The normalized spacial score (nSPS) is 11.3. The molecule has 148 valence electrons. The van der Waals surface area contributed by atoms with Gasteiger partial charge in [-0.25, -0.2) is 13.6 Å². The number of carbonyl (C=O) groups excluding carboxylic acids is 1. The van der Waals surface area contributed by atoms with Crippen molar-refractivity contribution >= 4 is 49.8 Å². The number of hydrogen-bond acceptors (Lipinski definition) is 9. The highest BCUT2D eigenvalue weighted by Crippen LogP contribution is 2.25. The van der Waals surface area contributed by atoms with Crippen molar-refractivity contribution in [2.45, 2.75) is 22.6 Å². The molecule has 9 nitrogen and oxygen atoms in total. The van der Waals surface area contributed by atoms with Crippen molar-refractivity contribution in [2.24, 2.45) is 5.14 Å². The average molecular weight is 432 g/mol. The molecule has 2 rings (SSSR count). The van der Waals surface area contributed by atoms with E-state index in [0.717, 1.165) is 13.0 Å². The Morgan fingerprint density at radius 1 is 1.30 bits per heavy atom. The monoisotopic (exact) mass is 431 g/mol. The van der Waals surface area contributed by atoms with Crippen molar-refractivity contribution in [3.63, 3.8) is 0 Å². The molecular formula is C15H21N5O4S3. The first-order valence-corrected chi connectivity index (χ1v) is 11.4. The SMILES string of the molecule is CCOCCCNc1nnc(SCC(=O)Nc2ccc(S(N)(=O)=O)cc2)s1. The van der Waals surface area contributed by atoms with Gasteiger partial charge in [0.1, 0.15) is 0 Å². The minimum Gasteiger partial charge on any atom is -0.382 e. The van der Waals surface area contributed by atoms with Gasteiger partial charge in [-0.2, -0.15) is 0 Å². The molecule has 0 aliphatic heterocycles. The molecule has 4 N–H and O–H groups in total. The Labute approximate surface area is 166 Å². The summed E-state index contributed by atoms with van der Waals surface area (Å²) < 4.78 is 28.3. The quantitative estimate of drug-likeness (QED) is 0.362. The first kappa shape index (κ1) is 21.6. The van der Waals surface area contributed by atoms with Crippen LogP contribution in [0, 0.1) is 0 Å². The van der Waals surface area contributed by atoms with Crippen LogP contribution in [0.2, 0.25) is 0 Å². The van der Waals surface area contributed by atoms with Crippen LogP contribution in [0.1, 0.15) is 13.3 Å². The van der Waals surface area contributed by atoms with Crippen LogP contribution in [0.25, 0.3) is 0 Å². The Bertz CT molecular complexity index is 839. The smallest absolute Gasteiger partial charge is 0.238 e. The van der Waals surface area contributed by atoms with Gasteiger partial charge in [0.05, 0.1) is 10.6 Å². The van der Waals surface area contributed by atoms with E-state index >= 15 is 0 Å². The third-order valence-corrected chi connectivity index (χ3v) is 6.09. The third-order valence-electron chi connectivity index (χ3n) is 3.15. The molecule has 0 saturated carbocycles. The Morgan fingerprint density at radius 3 is 2.70 bits per heavy atom. The highest BCUT2D eigenvalue weighted by Gasteiger charge is 2.10. The van der Waals surface area contributed by atoms with Crippen molar-refractivity contribution in [3.8, 4) is 0 Å². The lowest BCUT2D eigenvalue weighted by atomic mass is 10.3. The summed E-state index contributed by atoms with van der Waals surface area (Å²) in [7, 11) is -3.75. The first-order valence-electron chi connectivity index (χ1n) is 8.09. The van der Waals surface area contributed by atoms with Crippen molar-refractivity contribution in [1.82, 2.24) is 10.2 Å². The summed E-state index contributed by atoms with van der Waals surface area (Å²) in [6.45, 7) is 4.10. The summed E-state index contributed by atoms with van der Waals surface area (Å²) in [5.41, 5.74) is 0.488. The van der Waals surface area contributed by atoms with Crippen molar-refractivity contribution in [2.75, 3.05) is 36.1 Å². The summed E-state index contributed by atoms with van der Waals surface area (Å²) in [4.78, 5) is 12.0. The van der Waals surface area contributed by atoms with E-state index in [-0.39, 0.29) is 16.6 Å². The van der Waals surface area contributed by atoms with E-state index in [1.54, 1.807) is 0 Å². The van der Waals surface area contributed by atoms with Crippen LogP contribution < -0.4 is 15.8 Å². The summed E-state index contributed by atoms with van der Waals surface area (Å²) >= 11 is 2.65. The third kappa shape index (κ3) is 7.81. The second kappa shape index (κ2) is 10.6. The molecule has 12 heteroatoms. The lowest BCUT2D eigenvalue weighted by molar-refractivity contribution is -0.113. The number of primary sulfonamides is 1.